The Kier molecular flexibility index (Phi) is 20.3. The Balaban J connectivity index is 2.22. The van der Waals surface area contributed by atoms with E-state index in [0.717, 1.165) is 17.2 Å². The first-order valence-electron chi connectivity index (χ1n) is 19.6. The zero-order valence-electron chi connectivity index (χ0n) is 35.4. The fraction of sp³-hybridized carbons (Fsp3) is 0.523. The molecule has 0 aliphatic carbocycles. The molecule has 0 saturated heterocycles. The molecule has 0 heterocycles. The summed E-state index contributed by atoms with van der Waals surface area (Å²) in [4.78, 5) is 64.9. The van der Waals surface area contributed by atoms with E-state index in [1.807, 2.05) is 75.4 Å². The highest BCUT2D eigenvalue weighted by molar-refractivity contribution is 6.76. The van der Waals surface area contributed by atoms with Gasteiger partial charge in [0.1, 0.15) is 23.5 Å². The minimum absolute atomic E-state index is 0.0132. The Morgan fingerprint density at radius 1 is 0.877 bits per heavy atom. The van der Waals surface area contributed by atoms with Gasteiger partial charge in [-0.05, 0) is 68.5 Å². The van der Waals surface area contributed by atoms with Gasteiger partial charge in [-0.2, -0.15) is 0 Å². The van der Waals surface area contributed by atoms with Crippen LogP contribution < -0.4 is 15.4 Å². The van der Waals surface area contributed by atoms with Crippen molar-refractivity contribution in [2.75, 3.05) is 20.3 Å². The molecule has 57 heavy (non-hydrogen) atoms. The van der Waals surface area contributed by atoms with Crippen molar-refractivity contribution in [1.29, 1.82) is 0 Å². The van der Waals surface area contributed by atoms with Gasteiger partial charge >= 0.3 is 24.0 Å². The number of methoxy groups -OCH3 is 1. The van der Waals surface area contributed by atoms with Gasteiger partial charge < -0.3 is 34.3 Å². The van der Waals surface area contributed by atoms with E-state index in [1.165, 1.54) is 6.08 Å². The molecule has 0 radical (unpaired) electrons. The lowest BCUT2D eigenvalue weighted by molar-refractivity contribution is -0.173. The first-order valence-corrected chi connectivity index (χ1v) is 23.3. The molecule has 0 aromatic heterocycles. The fourth-order valence-corrected chi connectivity index (χ4v) is 5.96. The summed E-state index contributed by atoms with van der Waals surface area (Å²) in [5.74, 6) is -2.10. The van der Waals surface area contributed by atoms with Crippen molar-refractivity contribution in [2.24, 2.45) is 11.8 Å². The lowest BCUT2D eigenvalue weighted by Crippen LogP contribution is -2.43. The number of hydrogen-bond acceptors (Lipinski definition) is 10. The van der Waals surface area contributed by atoms with Crippen molar-refractivity contribution in [1.82, 2.24) is 10.6 Å². The van der Waals surface area contributed by atoms with Crippen molar-refractivity contribution >= 4 is 44.1 Å². The average molecular weight is 809 g/mol. The second-order valence-corrected chi connectivity index (χ2v) is 22.2. The maximum Gasteiger partial charge on any atom is 0.407 e. The van der Waals surface area contributed by atoms with Gasteiger partial charge in [0.2, 0.25) is 5.91 Å². The smallest absolute Gasteiger partial charge is 0.407 e. The van der Waals surface area contributed by atoms with Crippen molar-refractivity contribution in [3.63, 3.8) is 0 Å². The van der Waals surface area contributed by atoms with Crippen molar-refractivity contribution < 1.29 is 47.7 Å². The molecule has 2 aromatic carbocycles. The summed E-state index contributed by atoms with van der Waals surface area (Å²) in [6.45, 7) is 17.7. The molecule has 2 N–H and O–H groups in total. The van der Waals surface area contributed by atoms with Gasteiger partial charge in [0.25, 0.3) is 0 Å². The van der Waals surface area contributed by atoms with Gasteiger partial charge in [0.15, 0.2) is 6.10 Å². The standard InChI is InChI=1S/C44H64N2O10Si/c1-31(2)29-38(54-40(48)25-26-45-43(51)56-44(4,5)6)42(50)55-37(32(3)19-20-33-15-12-11-13-16-33)17-14-18-39(47)46-36(41(49)53-27-28-57(8,9)10)30-34-21-23-35(52-7)24-22-34/h11-16,18-24,31-32,36-38H,17,25-30H2,1-10H3,(H,45,51)(H,46,47)/b18-14+,20-19+/t32-,36+,37+,38?/m1/s1. The number of alkyl carbamates (subject to hydrolysis) is 1. The highest BCUT2D eigenvalue weighted by Crippen LogP contribution is 2.20. The summed E-state index contributed by atoms with van der Waals surface area (Å²) < 4.78 is 27.7. The second kappa shape index (κ2) is 24.0. The zero-order chi connectivity index (χ0) is 42.6. The van der Waals surface area contributed by atoms with Crippen LogP contribution in [-0.4, -0.2) is 82.1 Å². The van der Waals surface area contributed by atoms with E-state index in [0.29, 0.717) is 5.75 Å². The number of benzene rings is 2. The van der Waals surface area contributed by atoms with Crippen molar-refractivity contribution in [3.8, 4) is 5.75 Å². The molecular weight excluding hydrogens is 745 g/mol. The SMILES string of the molecule is COc1ccc(C[C@H](NC(=O)/C=C/C[C@H](OC(=O)C(CC(C)C)OC(=O)CCNC(=O)OC(C)(C)C)[C@H](C)/C=C/c2ccccc2)C(=O)OCC[Si](C)(C)C)cc1. The molecule has 2 rings (SSSR count). The van der Waals surface area contributed by atoms with E-state index in [4.69, 9.17) is 23.7 Å². The highest BCUT2D eigenvalue weighted by Gasteiger charge is 2.30. The monoisotopic (exact) mass is 808 g/mol. The Morgan fingerprint density at radius 3 is 2.14 bits per heavy atom. The van der Waals surface area contributed by atoms with E-state index >= 15 is 0 Å². The number of esters is 3. The Morgan fingerprint density at radius 2 is 1.54 bits per heavy atom. The number of rotatable bonds is 22. The number of carbonyl (C=O) groups is 5. The third-order valence-electron chi connectivity index (χ3n) is 8.40. The van der Waals surface area contributed by atoms with Gasteiger partial charge in [0, 0.05) is 33.4 Å². The van der Waals surface area contributed by atoms with Crippen LogP contribution in [0.4, 0.5) is 4.79 Å². The maximum atomic E-state index is 13.6. The third-order valence-corrected chi connectivity index (χ3v) is 10.1. The molecule has 1 unspecified atom stereocenters. The molecule has 13 heteroatoms. The molecule has 0 bridgehead atoms. The molecule has 0 fully saturated rings. The van der Waals surface area contributed by atoms with Crippen molar-refractivity contribution in [2.45, 2.75) is 117 Å². The van der Waals surface area contributed by atoms with E-state index in [9.17, 15) is 24.0 Å². The van der Waals surface area contributed by atoms with Crippen LogP contribution in [0, 0.1) is 11.8 Å². The van der Waals surface area contributed by atoms with Crippen LogP contribution in [0.5, 0.6) is 5.75 Å². The Labute approximate surface area is 340 Å². The minimum atomic E-state index is -1.46. The zero-order valence-corrected chi connectivity index (χ0v) is 36.4. The molecular formula is C44H64N2O10Si. The summed E-state index contributed by atoms with van der Waals surface area (Å²) in [6.07, 6.45) is 4.53. The molecule has 2 amide bonds. The van der Waals surface area contributed by atoms with Crippen LogP contribution in [0.1, 0.15) is 71.9 Å². The molecule has 0 spiro atoms. The number of hydrogen-bond donors (Lipinski definition) is 2. The summed E-state index contributed by atoms with van der Waals surface area (Å²) in [6, 6.07) is 16.7. The quantitative estimate of drug-likeness (QED) is 0.0524. The van der Waals surface area contributed by atoms with Gasteiger partial charge in [-0.1, -0.05) is 101 Å². The van der Waals surface area contributed by atoms with E-state index < -0.39 is 61.8 Å². The first kappa shape index (κ1) is 48.2. The van der Waals surface area contributed by atoms with Crippen LogP contribution >= 0.6 is 0 Å². The van der Waals surface area contributed by atoms with Gasteiger partial charge in [-0.15, -0.1) is 0 Å². The summed E-state index contributed by atoms with van der Waals surface area (Å²) in [5, 5.41) is 5.31. The summed E-state index contributed by atoms with van der Waals surface area (Å²) >= 11 is 0. The fourth-order valence-electron chi connectivity index (χ4n) is 5.24. The van der Waals surface area contributed by atoms with Crippen LogP contribution in [-0.2, 0) is 44.5 Å². The molecule has 4 atom stereocenters. The van der Waals surface area contributed by atoms with E-state index in [2.05, 4.69) is 30.3 Å². The third kappa shape index (κ3) is 21.3. The van der Waals surface area contributed by atoms with E-state index in [-0.39, 0.29) is 50.7 Å². The van der Waals surface area contributed by atoms with Gasteiger partial charge in [-0.25, -0.2) is 14.4 Å². The van der Waals surface area contributed by atoms with Crippen LogP contribution in [0.25, 0.3) is 6.08 Å². The second-order valence-electron chi connectivity index (χ2n) is 16.6. The van der Waals surface area contributed by atoms with Crippen LogP contribution in [0.3, 0.4) is 0 Å². The first-order chi connectivity index (χ1) is 26.7. The van der Waals surface area contributed by atoms with Crippen molar-refractivity contribution in [3.05, 3.63) is 84.0 Å². The summed E-state index contributed by atoms with van der Waals surface area (Å²) in [7, 11) is 0.108. The summed E-state index contributed by atoms with van der Waals surface area (Å²) in [5.41, 5.74) is 1.07. The minimum Gasteiger partial charge on any atom is -0.497 e. The predicted molar refractivity (Wildman–Crippen MR) is 224 cm³/mol. The molecule has 0 saturated carbocycles. The molecule has 314 valence electrons. The highest BCUT2D eigenvalue weighted by atomic mass is 28.3. The topological polar surface area (TPSA) is 156 Å². The lowest BCUT2D eigenvalue weighted by atomic mass is 9.99. The Hall–Kier alpha value is -4.91. The average Bonchev–Trinajstić information content (AvgIpc) is 3.12. The Bertz CT molecular complexity index is 1630. The van der Waals surface area contributed by atoms with Crippen LogP contribution in [0.2, 0.25) is 25.7 Å². The predicted octanol–water partition coefficient (Wildman–Crippen LogP) is 7.68. The number of nitrogens with one attached hydrogen (secondary N) is 2. The molecule has 0 aliphatic rings. The van der Waals surface area contributed by atoms with Crippen LogP contribution in [0.15, 0.2) is 72.8 Å². The molecule has 2 aromatic rings. The van der Waals surface area contributed by atoms with Gasteiger partial charge in [0.05, 0.1) is 20.1 Å². The number of carbonyl (C=O) groups excluding carboxylic acids is 5. The molecule has 0 aliphatic heterocycles. The number of amides is 2. The molecule has 12 nitrogen and oxygen atoms in total. The lowest BCUT2D eigenvalue weighted by Gasteiger charge is -2.25. The normalized spacial score (nSPS) is 14.0. The number of ether oxygens (including phenoxy) is 5. The largest absolute Gasteiger partial charge is 0.497 e. The van der Waals surface area contributed by atoms with E-state index in [1.54, 1.807) is 46.1 Å². The van der Waals surface area contributed by atoms with Gasteiger partial charge in [-0.3, -0.25) is 9.59 Å². The maximum absolute atomic E-state index is 13.6.